The Morgan fingerprint density at radius 1 is 1.05 bits per heavy atom. The molecule has 3 rings (SSSR count). The summed E-state index contributed by atoms with van der Waals surface area (Å²) in [5, 5.41) is 3.04. The molecule has 100 valence electrons. The zero-order valence-corrected chi connectivity index (χ0v) is 11.3. The summed E-state index contributed by atoms with van der Waals surface area (Å²) in [5.74, 6) is 0.0329. The number of rotatable bonds is 3. The van der Waals surface area contributed by atoms with Crippen LogP contribution in [0.2, 0.25) is 0 Å². The molecule has 1 aliphatic carbocycles. The van der Waals surface area contributed by atoms with E-state index in [-0.39, 0.29) is 11.8 Å². The summed E-state index contributed by atoms with van der Waals surface area (Å²) < 4.78 is 0. The van der Waals surface area contributed by atoms with E-state index in [0.717, 1.165) is 23.1 Å². The second-order valence-electron chi connectivity index (χ2n) is 5.02. The Balaban J connectivity index is 1.71. The Morgan fingerprint density at radius 2 is 1.80 bits per heavy atom. The van der Waals surface area contributed by atoms with Gasteiger partial charge in [-0.1, -0.05) is 66.7 Å². The van der Waals surface area contributed by atoms with Crippen molar-refractivity contribution in [3.8, 4) is 0 Å². The Morgan fingerprint density at radius 3 is 2.65 bits per heavy atom. The normalized spacial score (nSPS) is 16.5. The minimum Gasteiger partial charge on any atom is -0.351 e. The van der Waals surface area contributed by atoms with Gasteiger partial charge >= 0.3 is 0 Å². The molecule has 0 fully saturated rings. The molecule has 0 radical (unpaired) electrons. The fourth-order valence-corrected chi connectivity index (χ4v) is 2.59. The molecule has 0 saturated carbocycles. The third-order valence-electron chi connectivity index (χ3n) is 3.67. The first-order chi connectivity index (χ1) is 9.84. The van der Waals surface area contributed by atoms with Gasteiger partial charge < -0.3 is 5.32 Å². The van der Waals surface area contributed by atoms with Gasteiger partial charge in [0.25, 0.3) is 0 Å². The van der Waals surface area contributed by atoms with Crippen LogP contribution >= 0.6 is 0 Å². The lowest BCUT2D eigenvalue weighted by atomic mass is 9.86. The van der Waals surface area contributed by atoms with Crippen molar-refractivity contribution in [2.75, 3.05) is 0 Å². The second kappa shape index (κ2) is 5.74. The number of fused-ring (bicyclic) bond motifs is 1. The highest BCUT2D eigenvalue weighted by atomic mass is 16.1. The first-order valence-corrected chi connectivity index (χ1v) is 6.92. The maximum absolute atomic E-state index is 12.4. The number of allylic oxidation sites excluding steroid dienone is 1. The van der Waals surface area contributed by atoms with Crippen molar-refractivity contribution in [1.82, 2.24) is 5.32 Å². The zero-order chi connectivity index (χ0) is 13.8. The maximum Gasteiger partial charge on any atom is 0.228 e. The number of carbonyl (C=O) groups is 1. The van der Waals surface area contributed by atoms with Crippen LogP contribution in [0, 0.1) is 0 Å². The summed E-state index contributed by atoms with van der Waals surface area (Å²) in [6.45, 7) is 0.585. The molecule has 0 saturated heterocycles. The fraction of sp³-hybridized carbons (Fsp3) is 0.167. The van der Waals surface area contributed by atoms with E-state index in [4.69, 9.17) is 0 Å². The second-order valence-corrected chi connectivity index (χ2v) is 5.02. The number of benzene rings is 2. The van der Waals surface area contributed by atoms with Crippen LogP contribution in [0.4, 0.5) is 0 Å². The lowest BCUT2D eigenvalue weighted by Gasteiger charge is -2.21. The van der Waals surface area contributed by atoms with Gasteiger partial charge in [0, 0.05) is 6.54 Å². The lowest BCUT2D eigenvalue weighted by molar-refractivity contribution is -0.122. The fourth-order valence-electron chi connectivity index (χ4n) is 2.59. The van der Waals surface area contributed by atoms with Gasteiger partial charge in [0.2, 0.25) is 5.91 Å². The molecule has 0 spiro atoms. The smallest absolute Gasteiger partial charge is 0.228 e. The molecule has 1 amide bonds. The van der Waals surface area contributed by atoms with Gasteiger partial charge in [-0.3, -0.25) is 4.79 Å². The molecule has 1 atom stereocenters. The highest BCUT2D eigenvalue weighted by Crippen LogP contribution is 2.29. The standard InChI is InChI=1S/C18H17NO/c20-18(19-13-14-7-2-1-3-8-14)17-12-6-10-15-9-4-5-11-16(15)17/h1-11,17H,12-13H2,(H,19,20). The van der Waals surface area contributed by atoms with Gasteiger partial charge in [0.05, 0.1) is 5.92 Å². The Hall–Kier alpha value is -2.35. The molecule has 2 heteroatoms. The average molecular weight is 263 g/mol. The van der Waals surface area contributed by atoms with E-state index >= 15 is 0 Å². The maximum atomic E-state index is 12.4. The van der Waals surface area contributed by atoms with Crippen LogP contribution in [0.25, 0.3) is 6.08 Å². The van der Waals surface area contributed by atoms with Gasteiger partial charge in [0.1, 0.15) is 0 Å². The van der Waals surface area contributed by atoms with Crippen LogP contribution in [0.5, 0.6) is 0 Å². The van der Waals surface area contributed by atoms with Gasteiger partial charge in [-0.2, -0.15) is 0 Å². The molecule has 2 aromatic carbocycles. The Bertz CT molecular complexity index is 631. The molecule has 1 N–H and O–H groups in total. The minimum atomic E-state index is -0.0695. The van der Waals surface area contributed by atoms with E-state index in [1.165, 1.54) is 0 Å². The molecule has 0 aliphatic heterocycles. The van der Waals surface area contributed by atoms with Gasteiger partial charge in [0.15, 0.2) is 0 Å². The van der Waals surface area contributed by atoms with Crippen LogP contribution in [0.15, 0.2) is 60.7 Å². The minimum absolute atomic E-state index is 0.0695. The van der Waals surface area contributed by atoms with E-state index in [0.29, 0.717) is 6.54 Å². The molecule has 20 heavy (non-hydrogen) atoms. The van der Waals surface area contributed by atoms with Crippen molar-refractivity contribution < 1.29 is 4.79 Å². The summed E-state index contributed by atoms with van der Waals surface area (Å²) in [4.78, 5) is 12.4. The van der Waals surface area contributed by atoms with Crippen molar-refractivity contribution in [2.24, 2.45) is 0 Å². The topological polar surface area (TPSA) is 29.1 Å². The number of hydrogen-bond acceptors (Lipinski definition) is 1. The van der Waals surface area contributed by atoms with Crippen molar-refractivity contribution in [2.45, 2.75) is 18.9 Å². The summed E-state index contributed by atoms with van der Waals surface area (Å²) in [6.07, 6.45) is 4.95. The summed E-state index contributed by atoms with van der Waals surface area (Å²) in [7, 11) is 0. The van der Waals surface area contributed by atoms with Crippen LogP contribution in [-0.4, -0.2) is 5.91 Å². The van der Waals surface area contributed by atoms with E-state index in [1.54, 1.807) is 0 Å². The number of hydrogen-bond donors (Lipinski definition) is 1. The number of amides is 1. The van der Waals surface area contributed by atoms with Gasteiger partial charge in [-0.25, -0.2) is 0 Å². The zero-order valence-electron chi connectivity index (χ0n) is 11.3. The summed E-state index contributed by atoms with van der Waals surface area (Å²) in [5.41, 5.74) is 3.40. The van der Waals surface area contributed by atoms with Crippen LogP contribution in [0.3, 0.4) is 0 Å². The predicted molar refractivity (Wildman–Crippen MR) is 81.1 cm³/mol. The lowest BCUT2D eigenvalue weighted by Crippen LogP contribution is -2.29. The molecule has 2 aromatic rings. The van der Waals surface area contributed by atoms with Crippen LogP contribution in [-0.2, 0) is 11.3 Å². The predicted octanol–water partition coefficient (Wildman–Crippen LogP) is 3.50. The molecular weight excluding hydrogens is 246 g/mol. The van der Waals surface area contributed by atoms with Gasteiger partial charge in [-0.05, 0) is 23.1 Å². The third kappa shape index (κ3) is 2.64. The molecule has 1 aliphatic rings. The first kappa shape index (κ1) is 12.7. The number of nitrogens with one attached hydrogen (secondary N) is 1. The van der Waals surface area contributed by atoms with Crippen molar-refractivity contribution in [1.29, 1.82) is 0 Å². The van der Waals surface area contributed by atoms with Gasteiger partial charge in [-0.15, -0.1) is 0 Å². The summed E-state index contributed by atoms with van der Waals surface area (Å²) in [6, 6.07) is 18.1. The van der Waals surface area contributed by atoms with Crippen molar-refractivity contribution >= 4 is 12.0 Å². The highest BCUT2D eigenvalue weighted by molar-refractivity contribution is 5.86. The first-order valence-electron chi connectivity index (χ1n) is 6.92. The molecule has 0 heterocycles. The van der Waals surface area contributed by atoms with Crippen LogP contribution < -0.4 is 5.32 Å². The Labute approximate surface area is 119 Å². The third-order valence-corrected chi connectivity index (χ3v) is 3.67. The SMILES string of the molecule is O=C(NCc1ccccc1)C1CC=Cc2ccccc21. The highest BCUT2D eigenvalue weighted by Gasteiger charge is 2.23. The average Bonchev–Trinajstić information content (AvgIpc) is 2.53. The summed E-state index contributed by atoms with van der Waals surface area (Å²) >= 11 is 0. The quantitative estimate of drug-likeness (QED) is 0.902. The number of carbonyl (C=O) groups excluding carboxylic acids is 1. The van der Waals surface area contributed by atoms with Crippen molar-refractivity contribution in [3.05, 3.63) is 77.4 Å². The molecule has 0 aromatic heterocycles. The van der Waals surface area contributed by atoms with E-state index in [9.17, 15) is 4.79 Å². The molecular formula is C18H17NO. The van der Waals surface area contributed by atoms with E-state index < -0.39 is 0 Å². The van der Waals surface area contributed by atoms with E-state index in [1.807, 2.05) is 48.5 Å². The Kier molecular flexibility index (Phi) is 3.64. The molecule has 0 bridgehead atoms. The van der Waals surface area contributed by atoms with Crippen molar-refractivity contribution in [3.63, 3.8) is 0 Å². The largest absolute Gasteiger partial charge is 0.351 e. The molecule has 2 nitrogen and oxygen atoms in total. The van der Waals surface area contributed by atoms with E-state index in [2.05, 4.69) is 23.5 Å². The monoisotopic (exact) mass is 263 g/mol. The van der Waals surface area contributed by atoms with Crippen LogP contribution in [0.1, 0.15) is 29.0 Å². The molecule has 1 unspecified atom stereocenters.